The molecule has 0 amide bonds. The van der Waals surface area contributed by atoms with Gasteiger partial charge < -0.3 is 10.2 Å². The van der Waals surface area contributed by atoms with Gasteiger partial charge in [-0.2, -0.15) is 0 Å². The molecule has 16 heavy (non-hydrogen) atoms. The predicted octanol–water partition coefficient (Wildman–Crippen LogP) is 1.19. The van der Waals surface area contributed by atoms with Crippen molar-refractivity contribution in [2.75, 3.05) is 19.6 Å². The summed E-state index contributed by atoms with van der Waals surface area (Å²) in [7, 11) is 0. The molecule has 3 fully saturated rings. The van der Waals surface area contributed by atoms with E-state index in [1.807, 2.05) is 0 Å². The van der Waals surface area contributed by atoms with Crippen LogP contribution in [0.4, 0.5) is 0 Å². The lowest BCUT2D eigenvalue weighted by Crippen LogP contribution is -2.59. The number of rotatable bonds is 1. The van der Waals surface area contributed by atoms with Crippen LogP contribution in [0.5, 0.6) is 0 Å². The van der Waals surface area contributed by atoms with E-state index in [9.17, 15) is 0 Å². The van der Waals surface area contributed by atoms with Gasteiger partial charge in [-0.3, -0.25) is 4.90 Å². The molecule has 0 spiro atoms. The number of hydrogen-bond donors (Lipinski definition) is 1. The number of piperazine rings is 1. The third-order valence-electron chi connectivity index (χ3n) is 4.10. The van der Waals surface area contributed by atoms with E-state index in [0.717, 1.165) is 17.7 Å². The van der Waals surface area contributed by atoms with Crippen LogP contribution >= 0.6 is 12.2 Å². The SMILES string of the molecule is CC1CN2CCCC2CN1C(=S)NC1CC1. The minimum atomic E-state index is 0.577. The number of hydrogen-bond acceptors (Lipinski definition) is 2. The topological polar surface area (TPSA) is 18.5 Å². The molecule has 3 rings (SSSR count). The summed E-state index contributed by atoms with van der Waals surface area (Å²) in [5, 5.41) is 4.47. The van der Waals surface area contributed by atoms with Crippen LogP contribution in [0, 0.1) is 0 Å². The van der Waals surface area contributed by atoms with Crippen LogP contribution in [0.25, 0.3) is 0 Å². The molecule has 0 bridgehead atoms. The van der Waals surface area contributed by atoms with E-state index in [4.69, 9.17) is 12.2 Å². The molecule has 0 aromatic rings. The molecule has 3 aliphatic rings. The Morgan fingerprint density at radius 1 is 1.25 bits per heavy atom. The van der Waals surface area contributed by atoms with Crippen molar-refractivity contribution in [3.8, 4) is 0 Å². The van der Waals surface area contributed by atoms with E-state index >= 15 is 0 Å². The molecule has 2 heterocycles. The zero-order chi connectivity index (χ0) is 11.1. The van der Waals surface area contributed by atoms with Gasteiger partial charge in [0.15, 0.2) is 5.11 Å². The van der Waals surface area contributed by atoms with Gasteiger partial charge in [0.1, 0.15) is 0 Å². The van der Waals surface area contributed by atoms with E-state index in [-0.39, 0.29) is 0 Å². The highest BCUT2D eigenvalue weighted by Crippen LogP contribution is 2.25. The summed E-state index contributed by atoms with van der Waals surface area (Å²) in [5.74, 6) is 0. The standard InChI is InChI=1S/C12H21N3S/c1-9-7-14-6-2-3-11(14)8-15(9)12(16)13-10-4-5-10/h9-11H,2-8H2,1H3,(H,13,16). The Morgan fingerprint density at radius 2 is 2.06 bits per heavy atom. The molecule has 4 heteroatoms. The molecule has 0 radical (unpaired) electrons. The van der Waals surface area contributed by atoms with Gasteiger partial charge in [0.25, 0.3) is 0 Å². The number of nitrogens with one attached hydrogen (secondary N) is 1. The van der Waals surface area contributed by atoms with Crippen LogP contribution in [0.2, 0.25) is 0 Å². The largest absolute Gasteiger partial charge is 0.360 e. The summed E-state index contributed by atoms with van der Waals surface area (Å²) in [6.45, 7) is 5.93. The Balaban J connectivity index is 1.62. The van der Waals surface area contributed by atoms with Gasteiger partial charge in [-0.15, -0.1) is 0 Å². The van der Waals surface area contributed by atoms with Gasteiger partial charge in [0, 0.05) is 31.2 Å². The van der Waals surface area contributed by atoms with E-state index in [2.05, 4.69) is 22.0 Å². The summed E-state index contributed by atoms with van der Waals surface area (Å²) in [6, 6.07) is 2.02. The summed E-state index contributed by atoms with van der Waals surface area (Å²) >= 11 is 5.52. The Bertz CT molecular complexity index is 290. The first-order chi connectivity index (χ1) is 7.74. The molecule has 0 aromatic heterocycles. The molecule has 2 unspecified atom stereocenters. The van der Waals surface area contributed by atoms with Crippen LogP contribution in [0.3, 0.4) is 0 Å². The molecule has 3 nitrogen and oxygen atoms in total. The Labute approximate surface area is 103 Å². The Morgan fingerprint density at radius 3 is 2.81 bits per heavy atom. The second kappa shape index (κ2) is 4.15. The van der Waals surface area contributed by atoms with Crippen molar-refractivity contribution in [1.82, 2.24) is 15.1 Å². The highest BCUT2D eigenvalue weighted by molar-refractivity contribution is 7.80. The molecule has 1 saturated carbocycles. The fraction of sp³-hybridized carbons (Fsp3) is 0.917. The monoisotopic (exact) mass is 239 g/mol. The molecule has 2 atom stereocenters. The smallest absolute Gasteiger partial charge is 0.169 e. The highest BCUT2D eigenvalue weighted by Gasteiger charge is 2.36. The maximum absolute atomic E-state index is 5.52. The van der Waals surface area contributed by atoms with Crippen LogP contribution in [-0.4, -0.2) is 52.7 Å². The fourth-order valence-corrected chi connectivity index (χ4v) is 3.38. The Hall–Kier alpha value is -0.350. The third-order valence-corrected chi connectivity index (χ3v) is 4.46. The van der Waals surface area contributed by atoms with Crippen LogP contribution in [-0.2, 0) is 0 Å². The van der Waals surface area contributed by atoms with Gasteiger partial charge in [-0.1, -0.05) is 0 Å². The average Bonchev–Trinajstić information content (AvgIpc) is 2.94. The fourth-order valence-electron chi connectivity index (χ4n) is 2.96. The van der Waals surface area contributed by atoms with Crippen LogP contribution in [0.1, 0.15) is 32.6 Å². The summed E-state index contributed by atoms with van der Waals surface area (Å²) in [6.07, 6.45) is 5.33. The van der Waals surface area contributed by atoms with Gasteiger partial charge in [0.05, 0.1) is 0 Å². The maximum Gasteiger partial charge on any atom is 0.169 e. The first kappa shape index (κ1) is 10.8. The van der Waals surface area contributed by atoms with Gasteiger partial charge in [0.2, 0.25) is 0 Å². The van der Waals surface area contributed by atoms with Gasteiger partial charge in [-0.25, -0.2) is 0 Å². The van der Waals surface area contributed by atoms with Crippen molar-refractivity contribution in [2.24, 2.45) is 0 Å². The summed E-state index contributed by atoms with van der Waals surface area (Å²) in [5.41, 5.74) is 0. The number of thiocarbonyl (C=S) groups is 1. The number of fused-ring (bicyclic) bond motifs is 1. The van der Waals surface area contributed by atoms with Crippen molar-refractivity contribution in [2.45, 2.75) is 50.7 Å². The van der Waals surface area contributed by atoms with E-state index in [1.54, 1.807) is 0 Å². The molecule has 1 N–H and O–H groups in total. The highest BCUT2D eigenvalue weighted by atomic mass is 32.1. The minimum Gasteiger partial charge on any atom is -0.360 e. The Kier molecular flexibility index (Phi) is 2.80. The van der Waals surface area contributed by atoms with Crippen molar-refractivity contribution in [3.05, 3.63) is 0 Å². The first-order valence-corrected chi connectivity index (χ1v) is 6.96. The van der Waals surface area contributed by atoms with Crippen molar-refractivity contribution in [1.29, 1.82) is 0 Å². The van der Waals surface area contributed by atoms with Crippen molar-refractivity contribution >= 4 is 17.3 Å². The zero-order valence-electron chi connectivity index (χ0n) is 9.98. The lowest BCUT2D eigenvalue weighted by molar-refractivity contribution is 0.108. The van der Waals surface area contributed by atoms with Crippen molar-refractivity contribution in [3.63, 3.8) is 0 Å². The molecule has 90 valence electrons. The van der Waals surface area contributed by atoms with Crippen molar-refractivity contribution < 1.29 is 0 Å². The summed E-state index contributed by atoms with van der Waals surface area (Å²) < 4.78 is 0. The lowest BCUT2D eigenvalue weighted by Gasteiger charge is -2.43. The third kappa shape index (κ3) is 2.05. The summed E-state index contributed by atoms with van der Waals surface area (Å²) in [4.78, 5) is 5.06. The molecule has 2 saturated heterocycles. The van der Waals surface area contributed by atoms with Gasteiger partial charge >= 0.3 is 0 Å². The van der Waals surface area contributed by atoms with Crippen LogP contribution < -0.4 is 5.32 Å². The number of nitrogens with zero attached hydrogens (tertiary/aromatic N) is 2. The average molecular weight is 239 g/mol. The molecule has 1 aliphatic carbocycles. The van der Waals surface area contributed by atoms with Crippen LogP contribution in [0.15, 0.2) is 0 Å². The molecule has 2 aliphatic heterocycles. The van der Waals surface area contributed by atoms with E-state index < -0.39 is 0 Å². The zero-order valence-corrected chi connectivity index (χ0v) is 10.8. The minimum absolute atomic E-state index is 0.577. The van der Waals surface area contributed by atoms with E-state index in [0.29, 0.717) is 12.1 Å². The lowest BCUT2D eigenvalue weighted by atomic mass is 10.1. The molecule has 0 aromatic carbocycles. The van der Waals surface area contributed by atoms with E-state index in [1.165, 1.54) is 38.8 Å². The second-order valence-electron chi connectivity index (χ2n) is 5.52. The van der Waals surface area contributed by atoms with Gasteiger partial charge in [-0.05, 0) is 51.4 Å². The molecular weight excluding hydrogens is 218 g/mol. The maximum atomic E-state index is 5.52. The second-order valence-corrected chi connectivity index (χ2v) is 5.90. The predicted molar refractivity (Wildman–Crippen MR) is 69.5 cm³/mol. The first-order valence-electron chi connectivity index (χ1n) is 6.55. The molecular formula is C12H21N3S. The normalized spacial score (nSPS) is 34.9. The quantitative estimate of drug-likeness (QED) is 0.693.